The smallest absolute Gasteiger partial charge is 0.230 e. The quantitative estimate of drug-likeness (QED) is 0.353. The molecule has 0 aliphatic carbocycles. The van der Waals surface area contributed by atoms with Gasteiger partial charge in [-0.1, -0.05) is 11.6 Å². The van der Waals surface area contributed by atoms with E-state index in [2.05, 4.69) is 10.3 Å². The SMILES string of the molecule is COc1ccc(C)cc1-c1csc(NC(=O)Cc2c(F)c(F)c(F)c(F)c2F)n1. The molecule has 0 aliphatic heterocycles. The number of thiazole rings is 1. The summed E-state index contributed by atoms with van der Waals surface area (Å²) < 4.78 is 72.3. The number of benzene rings is 2. The Labute approximate surface area is 166 Å². The van der Waals surface area contributed by atoms with Crippen molar-refractivity contribution in [2.24, 2.45) is 0 Å². The minimum Gasteiger partial charge on any atom is -0.496 e. The molecule has 0 saturated heterocycles. The average molecular weight is 428 g/mol. The molecule has 0 fully saturated rings. The van der Waals surface area contributed by atoms with Crippen LogP contribution in [0.3, 0.4) is 0 Å². The molecular formula is C19H13F5N2O2S. The summed E-state index contributed by atoms with van der Waals surface area (Å²) in [6, 6.07) is 5.43. The van der Waals surface area contributed by atoms with Gasteiger partial charge in [-0.05, 0) is 19.1 Å². The van der Waals surface area contributed by atoms with Gasteiger partial charge in [0.25, 0.3) is 0 Å². The fourth-order valence-electron chi connectivity index (χ4n) is 2.61. The lowest BCUT2D eigenvalue weighted by atomic mass is 10.1. The highest BCUT2D eigenvalue weighted by Crippen LogP contribution is 2.33. The topological polar surface area (TPSA) is 51.2 Å². The molecule has 2 aromatic carbocycles. The highest BCUT2D eigenvalue weighted by molar-refractivity contribution is 7.14. The van der Waals surface area contributed by atoms with Crippen molar-refractivity contribution in [2.45, 2.75) is 13.3 Å². The molecule has 10 heteroatoms. The number of methoxy groups -OCH3 is 1. The van der Waals surface area contributed by atoms with Crippen LogP contribution in [0, 0.1) is 36.0 Å². The van der Waals surface area contributed by atoms with Crippen LogP contribution in [0.2, 0.25) is 0 Å². The third-order valence-electron chi connectivity index (χ3n) is 4.02. The number of amides is 1. The van der Waals surface area contributed by atoms with Crippen LogP contribution in [-0.4, -0.2) is 18.0 Å². The number of rotatable bonds is 5. The van der Waals surface area contributed by atoms with Crippen molar-refractivity contribution in [2.75, 3.05) is 12.4 Å². The maximum absolute atomic E-state index is 13.7. The van der Waals surface area contributed by atoms with E-state index in [1.54, 1.807) is 11.4 Å². The first-order valence-electron chi connectivity index (χ1n) is 8.13. The summed E-state index contributed by atoms with van der Waals surface area (Å²) in [5, 5.41) is 4.02. The van der Waals surface area contributed by atoms with E-state index >= 15 is 0 Å². The van der Waals surface area contributed by atoms with Crippen molar-refractivity contribution < 1.29 is 31.5 Å². The molecule has 0 bridgehead atoms. The Morgan fingerprint density at radius 2 is 1.69 bits per heavy atom. The number of hydrogen-bond donors (Lipinski definition) is 1. The van der Waals surface area contributed by atoms with Gasteiger partial charge in [0.1, 0.15) is 5.75 Å². The minimum absolute atomic E-state index is 0.0948. The Bertz CT molecular complexity index is 1070. The number of aryl methyl sites for hydroxylation is 1. The molecule has 3 aromatic rings. The summed E-state index contributed by atoms with van der Waals surface area (Å²) in [5.41, 5.74) is 0.896. The van der Waals surface area contributed by atoms with E-state index in [9.17, 15) is 26.7 Å². The summed E-state index contributed by atoms with van der Waals surface area (Å²) >= 11 is 1.03. The van der Waals surface area contributed by atoms with Gasteiger partial charge in [0.15, 0.2) is 28.4 Å². The standard InChI is InChI=1S/C19H13F5N2O2S/c1-8-3-4-12(28-2)9(5-8)11-7-29-19(25-11)26-13(27)6-10-14(20)16(22)18(24)17(23)15(10)21/h3-5,7H,6H2,1-2H3,(H,25,26,27). The molecule has 1 amide bonds. The number of hydrogen-bond acceptors (Lipinski definition) is 4. The van der Waals surface area contributed by atoms with E-state index < -0.39 is 47.0 Å². The molecule has 3 rings (SSSR count). The summed E-state index contributed by atoms with van der Waals surface area (Å²) in [4.78, 5) is 16.3. The van der Waals surface area contributed by atoms with Gasteiger partial charge in [-0.15, -0.1) is 11.3 Å². The molecule has 0 aliphatic rings. The zero-order valence-electron chi connectivity index (χ0n) is 15.1. The van der Waals surface area contributed by atoms with Crippen molar-refractivity contribution >= 4 is 22.4 Å². The Kier molecular flexibility index (Phi) is 5.83. The number of halogens is 5. The number of ether oxygens (including phenoxy) is 1. The third kappa shape index (κ3) is 4.07. The number of anilines is 1. The number of carbonyl (C=O) groups is 1. The van der Waals surface area contributed by atoms with Crippen LogP contribution in [0.5, 0.6) is 5.75 Å². The monoisotopic (exact) mass is 428 g/mol. The molecule has 4 nitrogen and oxygen atoms in total. The largest absolute Gasteiger partial charge is 0.496 e. The molecule has 0 unspecified atom stereocenters. The lowest BCUT2D eigenvalue weighted by molar-refractivity contribution is -0.115. The van der Waals surface area contributed by atoms with E-state index in [4.69, 9.17) is 4.74 Å². The van der Waals surface area contributed by atoms with Crippen molar-refractivity contribution in [3.8, 4) is 17.0 Å². The lowest BCUT2D eigenvalue weighted by Crippen LogP contribution is -2.18. The van der Waals surface area contributed by atoms with Crippen LogP contribution in [0.4, 0.5) is 27.1 Å². The molecule has 1 heterocycles. The summed E-state index contributed by atoms with van der Waals surface area (Å²) in [6.07, 6.45) is -1.05. The molecule has 0 radical (unpaired) electrons. The van der Waals surface area contributed by atoms with Gasteiger partial charge in [0.05, 0.1) is 19.2 Å². The molecule has 0 saturated carbocycles. The van der Waals surface area contributed by atoms with Crippen LogP contribution >= 0.6 is 11.3 Å². The van der Waals surface area contributed by atoms with Crippen molar-refractivity contribution in [1.82, 2.24) is 4.98 Å². The highest BCUT2D eigenvalue weighted by atomic mass is 32.1. The molecule has 1 aromatic heterocycles. The zero-order valence-corrected chi connectivity index (χ0v) is 15.9. The second-order valence-electron chi connectivity index (χ2n) is 6.02. The normalized spacial score (nSPS) is 10.9. The Morgan fingerprint density at radius 1 is 1.07 bits per heavy atom. The Hall–Kier alpha value is -3.01. The molecule has 1 N–H and O–H groups in total. The number of nitrogens with one attached hydrogen (secondary N) is 1. The molecule has 0 spiro atoms. The molecule has 0 atom stereocenters. The van der Waals surface area contributed by atoms with Gasteiger partial charge in [-0.3, -0.25) is 4.79 Å². The van der Waals surface area contributed by atoms with Gasteiger partial charge < -0.3 is 10.1 Å². The van der Waals surface area contributed by atoms with Crippen molar-refractivity contribution in [3.63, 3.8) is 0 Å². The van der Waals surface area contributed by atoms with Gasteiger partial charge in [0.2, 0.25) is 11.7 Å². The first-order chi connectivity index (χ1) is 13.7. The van der Waals surface area contributed by atoms with Crippen LogP contribution in [-0.2, 0) is 11.2 Å². The first kappa shape index (κ1) is 20.7. The maximum atomic E-state index is 13.7. The minimum atomic E-state index is -2.28. The van der Waals surface area contributed by atoms with Crippen LogP contribution < -0.4 is 10.1 Å². The van der Waals surface area contributed by atoms with E-state index in [1.165, 1.54) is 7.11 Å². The van der Waals surface area contributed by atoms with Crippen molar-refractivity contribution in [3.05, 3.63) is 63.8 Å². The van der Waals surface area contributed by atoms with E-state index in [1.807, 2.05) is 19.1 Å². The first-order valence-corrected chi connectivity index (χ1v) is 9.01. The summed E-state index contributed by atoms with van der Waals surface area (Å²) in [5.74, 6) is -11.0. The Balaban J connectivity index is 1.81. The Morgan fingerprint density at radius 3 is 2.31 bits per heavy atom. The number of nitrogens with zero attached hydrogens (tertiary/aromatic N) is 1. The van der Waals surface area contributed by atoms with Crippen LogP contribution in [0.25, 0.3) is 11.3 Å². The second kappa shape index (κ2) is 8.16. The lowest BCUT2D eigenvalue weighted by Gasteiger charge is -2.08. The van der Waals surface area contributed by atoms with Gasteiger partial charge in [-0.25, -0.2) is 26.9 Å². The average Bonchev–Trinajstić information content (AvgIpc) is 3.16. The predicted octanol–water partition coefficient (Wildman–Crippen LogP) is 5.00. The summed E-state index contributed by atoms with van der Waals surface area (Å²) in [6.45, 7) is 1.88. The van der Waals surface area contributed by atoms with Gasteiger partial charge in [-0.2, -0.15) is 0 Å². The van der Waals surface area contributed by atoms with Crippen LogP contribution in [0.15, 0.2) is 23.6 Å². The molecule has 152 valence electrons. The predicted molar refractivity (Wildman–Crippen MR) is 97.4 cm³/mol. The molecular weight excluding hydrogens is 415 g/mol. The van der Waals surface area contributed by atoms with E-state index in [-0.39, 0.29) is 5.13 Å². The van der Waals surface area contributed by atoms with Gasteiger partial charge >= 0.3 is 0 Å². The summed E-state index contributed by atoms with van der Waals surface area (Å²) in [7, 11) is 1.49. The number of carbonyl (C=O) groups excluding carboxylic acids is 1. The van der Waals surface area contributed by atoms with Crippen molar-refractivity contribution in [1.29, 1.82) is 0 Å². The maximum Gasteiger partial charge on any atom is 0.230 e. The van der Waals surface area contributed by atoms with Crippen LogP contribution in [0.1, 0.15) is 11.1 Å². The van der Waals surface area contributed by atoms with E-state index in [0.29, 0.717) is 17.0 Å². The second-order valence-corrected chi connectivity index (χ2v) is 6.87. The fraction of sp³-hybridized carbons (Fsp3) is 0.158. The highest BCUT2D eigenvalue weighted by Gasteiger charge is 2.27. The zero-order chi connectivity index (χ0) is 21.3. The third-order valence-corrected chi connectivity index (χ3v) is 4.78. The van der Waals surface area contributed by atoms with E-state index in [0.717, 1.165) is 16.9 Å². The van der Waals surface area contributed by atoms with Gasteiger partial charge in [0, 0.05) is 16.5 Å². The fourth-order valence-corrected chi connectivity index (χ4v) is 3.33. The number of aromatic nitrogens is 1. The molecule has 29 heavy (non-hydrogen) atoms.